The van der Waals surface area contributed by atoms with Crippen LogP contribution in [0.2, 0.25) is 0 Å². The molecule has 0 spiro atoms. The number of ether oxygens (including phenoxy) is 2. The van der Waals surface area contributed by atoms with Crippen LogP contribution in [0.1, 0.15) is 23.4 Å². The smallest absolute Gasteiger partial charge is 0.148 e. The van der Waals surface area contributed by atoms with Gasteiger partial charge in [0.2, 0.25) is 0 Å². The van der Waals surface area contributed by atoms with Crippen LogP contribution in [0.15, 0.2) is 84.9 Å². The average molecular weight is 437 g/mol. The van der Waals surface area contributed by atoms with Crippen molar-refractivity contribution in [3.8, 4) is 11.5 Å². The summed E-state index contributed by atoms with van der Waals surface area (Å²) in [4.78, 5) is 4.87. The molecule has 0 saturated carbocycles. The van der Waals surface area contributed by atoms with Gasteiger partial charge in [0.15, 0.2) is 0 Å². The Kier molecular flexibility index (Phi) is 5.99. The second-order valence-electron chi connectivity index (χ2n) is 8.33. The van der Waals surface area contributed by atoms with Crippen molar-refractivity contribution in [3.63, 3.8) is 0 Å². The minimum atomic E-state index is 0.417. The molecular weight excluding hydrogens is 408 g/mol. The van der Waals surface area contributed by atoms with Crippen LogP contribution in [0, 0.1) is 13.8 Å². The zero-order valence-corrected chi connectivity index (χ0v) is 19.1. The first-order valence-corrected chi connectivity index (χ1v) is 11.4. The van der Waals surface area contributed by atoms with Crippen molar-refractivity contribution in [2.24, 2.45) is 0 Å². The fraction of sp³-hybridized carbons (Fsp3) is 0.207. The fourth-order valence-corrected chi connectivity index (χ4v) is 4.23. The second kappa shape index (κ2) is 9.37. The first-order valence-electron chi connectivity index (χ1n) is 11.4. The van der Waals surface area contributed by atoms with Gasteiger partial charge in [-0.05, 0) is 61.0 Å². The molecule has 33 heavy (non-hydrogen) atoms. The van der Waals surface area contributed by atoms with Gasteiger partial charge in [0.1, 0.15) is 23.9 Å². The summed E-state index contributed by atoms with van der Waals surface area (Å²) < 4.78 is 14.6. The van der Waals surface area contributed by atoms with Gasteiger partial charge in [-0.3, -0.25) is 0 Å². The van der Waals surface area contributed by atoms with Gasteiger partial charge in [-0.15, -0.1) is 0 Å². The van der Waals surface area contributed by atoms with Crippen LogP contribution in [0.25, 0.3) is 21.8 Å². The topological polar surface area (TPSA) is 36.3 Å². The van der Waals surface area contributed by atoms with Crippen molar-refractivity contribution < 1.29 is 9.47 Å². The molecule has 0 atom stereocenters. The number of fused-ring (bicyclic) bond motifs is 2. The van der Waals surface area contributed by atoms with Crippen LogP contribution in [0.3, 0.4) is 0 Å². The molecule has 4 heteroatoms. The monoisotopic (exact) mass is 436 g/mol. The van der Waals surface area contributed by atoms with Crippen LogP contribution in [-0.4, -0.2) is 16.2 Å². The molecule has 1 aromatic heterocycles. The third kappa shape index (κ3) is 4.42. The molecule has 0 bridgehead atoms. The van der Waals surface area contributed by atoms with Gasteiger partial charge in [-0.2, -0.15) is 0 Å². The van der Waals surface area contributed by atoms with Crippen LogP contribution >= 0.6 is 0 Å². The summed E-state index contributed by atoms with van der Waals surface area (Å²) in [5.74, 6) is 2.77. The zero-order valence-electron chi connectivity index (χ0n) is 19.1. The normalized spacial score (nSPS) is 11.2. The summed E-state index contributed by atoms with van der Waals surface area (Å²) in [7, 11) is 0. The number of hydrogen-bond acceptors (Lipinski definition) is 3. The highest BCUT2D eigenvalue weighted by Crippen LogP contribution is 2.27. The Morgan fingerprint density at radius 2 is 1.52 bits per heavy atom. The zero-order chi connectivity index (χ0) is 22.6. The van der Waals surface area contributed by atoms with E-state index in [1.165, 1.54) is 16.5 Å². The molecule has 0 N–H and O–H groups in total. The molecule has 0 fully saturated rings. The van der Waals surface area contributed by atoms with Gasteiger partial charge in [-0.1, -0.05) is 60.7 Å². The highest BCUT2D eigenvalue weighted by molar-refractivity contribution is 5.88. The van der Waals surface area contributed by atoms with Gasteiger partial charge in [0.05, 0.1) is 17.6 Å². The lowest BCUT2D eigenvalue weighted by molar-refractivity contribution is 0.282. The highest BCUT2D eigenvalue weighted by atomic mass is 16.5. The number of hydrogen-bond donors (Lipinski definition) is 0. The fourth-order valence-electron chi connectivity index (χ4n) is 4.23. The molecular formula is C29H28N2O2. The summed E-state index contributed by atoms with van der Waals surface area (Å²) in [5.41, 5.74) is 4.57. The van der Waals surface area contributed by atoms with Crippen LogP contribution < -0.4 is 9.47 Å². The van der Waals surface area contributed by atoms with E-state index in [1.54, 1.807) is 0 Å². The Labute approximate surface area is 194 Å². The van der Waals surface area contributed by atoms with Crippen molar-refractivity contribution in [2.45, 2.75) is 33.4 Å². The summed E-state index contributed by atoms with van der Waals surface area (Å²) in [5, 5.41) is 2.29. The molecule has 0 radical (unpaired) electrons. The average Bonchev–Trinajstić information content (AvgIpc) is 3.20. The molecule has 4 nitrogen and oxygen atoms in total. The van der Waals surface area contributed by atoms with Gasteiger partial charge in [0, 0.05) is 11.9 Å². The quantitative estimate of drug-likeness (QED) is 0.249. The number of aromatic nitrogens is 2. The van der Waals surface area contributed by atoms with Gasteiger partial charge in [-0.25, -0.2) is 4.98 Å². The third-order valence-corrected chi connectivity index (χ3v) is 6.18. The predicted molar refractivity (Wildman–Crippen MR) is 134 cm³/mol. The van der Waals surface area contributed by atoms with Gasteiger partial charge < -0.3 is 14.0 Å². The Hall–Kier alpha value is -3.79. The van der Waals surface area contributed by atoms with Gasteiger partial charge in [0.25, 0.3) is 0 Å². The van der Waals surface area contributed by atoms with Gasteiger partial charge >= 0.3 is 0 Å². The van der Waals surface area contributed by atoms with E-state index >= 15 is 0 Å². The Balaban J connectivity index is 1.32. The minimum absolute atomic E-state index is 0.417. The van der Waals surface area contributed by atoms with Crippen molar-refractivity contribution in [3.05, 3.63) is 102 Å². The summed E-state index contributed by atoms with van der Waals surface area (Å²) in [6, 6.07) is 28.9. The van der Waals surface area contributed by atoms with Crippen molar-refractivity contribution in [1.82, 2.24) is 9.55 Å². The lowest BCUT2D eigenvalue weighted by atomic mass is 10.1. The molecule has 5 aromatic rings. The van der Waals surface area contributed by atoms with Crippen molar-refractivity contribution in [2.75, 3.05) is 6.61 Å². The molecule has 0 aliphatic carbocycles. The number of rotatable bonds is 8. The number of benzene rings is 4. The Bertz CT molecular complexity index is 1400. The minimum Gasteiger partial charge on any atom is -0.493 e. The summed E-state index contributed by atoms with van der Waals surface area (Å²) >= 11 is 0. The SMILES string of the molecule is Cc1cccc(OCCCn2c(COc3cccc4ccccc34)nc3ccccc32)c1C. The largest absolute Gasteiger partial charge is 0.493 e. The van der Waals surface area contributed by atoms with Crippen molar-refractivity contribution in [1.29, 1.82) is 0 Å². The van der Waals surface area contributed by atoms with E-state index in [0.717, 1.165) is 46.7 Å². The lowest BCUT2D eigenvalue weighted by Gasteiger charge is -2.13. The predicted octanol–water partition coefficient (Wildman–Crippen LogP) is 6.85. The van der Waals surface area contributed by atoms with Crippen molar-refractivity contribution >= 4 is 21.8 Å². The molecule has 166 valence electrons. The van der Waals surface area contributed by atoms with E-state index in [9.17, 15) is 0 Å². The molecule has 1 heterocycles. The van der Waals surface area contributed by atoms with E-state index in [1.807, 2.05) is 42.5 Å². The molecule has 0 unspecified atom stereocenters. The maximum Gasteiger partial charge on any atom is 0.148 e. The van der Waals surface area contributed by atoms with Crippen LogP contribution in [0.5, 0.6) is 11.5 Å². The summed E-state index contributed by atoms with van der Waals surface area (Å²) in [6.07, 6.45) is 0.884. The highest BCUT2D eigenvalue weighted by Gasteiger charge is 2.12. The third-order valence-electron chi connectivity index (χ3n) is 6.18. The molecule has 0 saturated heterocycles. The first kappa shape index (κ1) is 21.1. The Morgan fingerprint density at radius 1 is 0.758 bits per heavy atom. The number of para-hydroxylation sites is 2. The van der Waals surface area contributed by atoms with E-state index < -0.39 is 0 Å². The van der Waals surface area contributed by atoms with E-state index in [4.69, 9.17) is 14.5 Å². The molecule has 5 rings (SSSR count). The second-order valence-corrected chi connectivity index (χ2v) is 8.33. The van der Waals surface area contributed by atoms with Crippen LogP contribution in [0.4, 0.5) is 0 Å². The number of imidazole rings is 1. The van der Waals surface area contributed by atoms with Crippen LogP contribution in [-0.2, 0) is 13.2 Å². The number of aryl methyl sites for hydroxylation is 2. The van der Waals surface area contributed by atoms with E-state index in [0.29, 0.717) is 13.2 Å². The maximum absolute atomic E-state index is 6.27. The summed E-state index contributed by atoms with van der Waals surface area (Å²) in [6.45, 7) is 6.11. The lowest BCUT2D eigenvalue weighted by Crippen LogP contribution is -2.10. The molecule has 0 aliphatic heterocycles. The van der Waals surface area contributed by atoms with E-state index in [-0.39, 0.29) is 0 Å². The van der Waals surface area contributed by atoms with E-state index in [2.05, 4.69) is 60.9 Å². The number of nitrogens with zero attached hydrogens (tertiary/aromatic N) is 2. The maximum atomic E-state index is 6.27. The molecule has 0 aliphatic rings. The molecule has 4 aromatic carbocycles. The molecule has 0 amide bonds. The standard InChI is InChI=1S/C29H28N2O2/c1-21-10-7-16-27(22(21)2)32-19-9-18-31-26-15-6-5-14-25(26)30-29(31)20-33-28-17-8-12-23-11-3-4-13-24(23)28/h3-8,10-17H,9,18-20H2,1-2H3. The Morgan fingerprint density at radius 3 is 2.45 bits per heavy atom. The first-order chi connectivity index (χ1) is 16.2.